The first-order chi connectivity index (χ1) is 9.34. The molecule has 0 heterocycles. The number of hydrogen-bond acceptors (Lipinski definition) is 4. The summed E-state index contributed by atoms with van der Waals surface area (Å²) in [5, 5.41) is 22.7. The molecule has 20 heavy (non-hydrogen) atoms. The van der Waals surface area contributed by atoms with E-state index in [9.17, 15) is 14.9 Å². The molecule has 0 aliphatic heterocycles. The second kappa shape index (κ2) is 6.67. The van der Waals surface area contributed by atoms with Crippen molar-refractivity contribution in [2.45, 2.75) is 32.2 Å². The van der Waals surface area contributed by atoms with Crippen molar-refractivity contribution in [2.75, 3.05) is 6.61 Å². The number of aliphatic hydroxyl groups is 1. The standard InChI is InChI=1S/C13H17ClN2O4/c1-3-13(2,7-8-17)15-12(18)11-9(14)5-4-6-10(11)16(19)20/h4-6,17H,3,7-8H2,1-2H3,(H,15,18). The highest BCUT2D eigenvalue weighted by Gasteiger charge is 2.29. The van der Waals surface area contributed by atoms with Crippen molar-refractivity contribution in [3.05, 3.63) is 38.9 Å². The van der Waals surface area contributed by atoms with Gasteiger partial charge in [0.05, 0.1) is 9.95 Å². The number of carbonyl (C=O) groups is 1. The lowest BCUT2D eigenvalue weighted by Crippen LogP contribution is -2.46. The highest BCUT2D eigenvalue weighted by Crippen LogP contribution is 2.27. The summed E-state index contributed by atoms with van der Waals surface area (Å²) < 4.78 is 0. The molecule has 0 saturated heterocycles. The summed E-state index contributed by atoms with van der Waals surface area (Å²) in [4.78, 5) is 22.6. The van der Waals surface area contributed by atoms with Gasteiger partial charge in [-0.1, -0.05) is 24.6 Å². The average molecular weight is 301 g/mol. The summed E-state index contributed by atoms with van der Waals surface area (Å²) in [6.45, 7) is 3.54. The van der Waals surface area contributed by atoms with Crippen molar-refractivity contribution < 1.29 is 14.8 Å². The van der Waals surface area contributed by atoms with E-state index in [4.69, 9.17) is 16.7 Å². The van der Waals surface area contributed by atoms with Crippen LogP contribution in [0.2, 0.25) is 5.02 Å². The largest absolute Gasteiger partial charge is 0.396 e. The lowest BCUT2D eigenvalue weighted by molar-refractivity contribution is -0.385. The molecule has 1 unspecified atom stereocenters. The molecule has 0 saturated carbocycles. The van der Waals surface area contributed by atoms with E-state index in [0.717, 1.165) is 0 Å². The first kappa shape index (κ1) is 16.4. The summed E-state index contributed by atoms with van der Waals surface area (Å²) in [6, 6.07) is 4.08. The van der Waals surface area contributed by atoms with Gasteiger partial charge in [0.1, 0.15) is 5.56 Å². The molecule has 6 nitrogen and oxygen atoms in total. The fourth-order valence-electron chi connectivity index (χ4n) is 1.80. The molecule has 1 rings (SSSR count). The molecule has 1 aromatic carbocycles. The average Bonchev–Trinajstić information content (AvgIpc) is 2.38. The number of nitrogens with zero attached hydrogens (tertiary/aromatic N) is 1. The normalized spacial score (nSPS) is 13.6. The van der Waals surface area contributed by atoms with Crippen LogP contribution in [0.25, 0.3) is 0 Å². The van der Waals surface area contributed by atoms with Gasteiger partial charge in [-0.3, -0.25) is 14.9 Å². The van der Waals surface area contributed by atoms with Crippen LogP contribution >= 0.6 is 11.6 Å². The van der Waals surface area contributed by atoms with E-state index in [0.29, 0.717) is 12.8 Å². The highest BCUT2D eigenvalue weighted by molar-refractivity contribution is 6.34. The number of carbonyl (C=O) groups excluding carboxylic acids is 1. The number of nitro benzene ring substituents is 1. The zero-order valence-electron chi connectivity index (χ0n) is 11.4. The van der Waals surface area contributed by atoms with Gasteiger partial charge in [-0.2, -0.15) is 0 Å². The number of amides is 1. The maximum atomic E-state index is 12.3. The summed E-state index contributed by atoms with van der Waals surface area (Å²) in [7, 11) is 0. The van der Waals surface area contributed by atoms with Crippen molar-refractivity contribution in [1.82, 2.24) is 5.32 Å². The smallest absolute Gasteiger partial charge is 0.283 e. The number of halogens is 1. The Balaban J connectivity index is 3.12. The minimum absolute atomic E-state index is 0.0270. The molecule has 1 atom stereocenters. The molecule has 0 spiro atoms. The van der Waals surface area contributed by atoms with E-state index in [1.165, 1.54) is 18.2 Å². The minimum atomic E-state index is -0.643. The van der Waals surface area contributed by atoms with Crippen LogP contribution in [0.4, 0.5) is 5.69 Å². The van der Waals surface area contributed by atoms with Crippen LogP contribution in [-0.2, 0) is 0 Å². The van der Waals surface area contributed by atoms with Gasteiger partial charge in [0.25, 0.3) is 11.6 Å². The van der Waals surface area contributed by atoms with Gasteiger partial charge in [-0.05, 0) is 25.8 Å². The van der Waals surface area contributed by atoms with Crippen molar-refractivity contribution in [3.63, 3.8) is 0 Å². The van der Waals surface area contributed by atoms with E-state index in [1.54, 1.807) is 6.92 Å². The van der Waals surface area contributed by atoms with Gasteiger partial charge in [-0.25, -0.2) is 0 Å². The predicted molar refractivity (Wildman–Crippen MR) is 76.0 cm³/mol. The number of hydrogen-bond donors (Lipinski definition) is 2. The molecule has 1 amide bonds. The van der Waals surface area contributed by atoms with E-state index < -0.39 is 16.4 Å². The van der Waals surface area contributed by atoms with Crippen molar-refractivity contribution in [1.29, 1.82) is 0 Å². The Morgan fingerprint density at radius 2 is 2.20 bits per heavy atom. The molecule has 2 N–H and O–H groups in total. The van der Waals surface area contributed by atoms with Crippen LogP contribution in [-0.4, -0.2) is 28.1 Å². The fourth-order valence-corrected chi connectivity index (χ4v) is 2.06. The minimum Gasteiger partial charge on any atom is -0.396 e. The van der Waals surface area contributed by atoms with E-state index in [-0.39, 0.29) is 22.9 Å². The summed E-state index contributed by atoms with van der Waals surface area (Å²) in [5.41, 5.74) is -1.13. The van der Waals surface area contributed by atoms with Gasteiger partial charge in [0.2, 0.25) is 0 Å². The molecule has 0 radical (unpaired) electrons. The second-order valence-corrected chi connectivity index (χ2v) is 5.14. The lowest BCUT2D eigenvalue weighted by Gasteiger charge is -2.29. The topological polar surface area (TPSA) is 92.5 Å². The monoisotopic (exact) mass is 300 g/mol. The highest BCUT2D eigenvalue weighted by atomic mass is 35.5. The Bertz CT molecular complexity index is 521. The Labute approximate surface area is 121 Å². The van der Waals surface area contributed by atoms with Crippen LogP contribution in [0.15, 0.2) is 18.2 Å². The summed E-state index contributed by atoms with van der Waals surface area (Å²) >= 11 is 5.90. The van der Waals surface area contributed by atoms with Gasteiger partial charge in [-0.15, -0.1) is 0 Å². The van der Waals surface area contributed by atoms with Gasteiger partial charge in [0, 0.05) is 18.2 Å². The van der Waals surface area contributed by atoms with Crippen molar-refractivity contribution in [2.24, 2.45) is 0 Å². The number of rotatable bonds is 6. The molecule has 0 aliphatic carbocycles. The first-order valence-electron chi connectivity index (χ1n) is 6.21. The van der Waals surface area contributed by atoms with Crippen LogP contribution in [0.5, 0.6) is 0 Å². The third-order valence-corrected chi connectivity index (χ3v) is 3.59. The fraction of sp³-hybridized carbons (Fsp3) is 0.462. The predicted octanol–water partition coefficient (Wildman–Crippen LogP) is 2.53. The van der Waals surface area contributed by atoms with E-state index >= 15 is 0 Å². The molecular weight excluding hydrogens is 284 g/mol. The quantitative estimate of drug-likeness (QED) is 0.623. The maximum Gasteiger partial charge on any atom is 0.283 e. The molecule has 110 valence electrons. The van der Waals surface area contributed by atoms with Gasteiger partial charge >= 0.3 is 0 Å². The second-order valence-electron chi connectivity index (χ2n) is 4.73. The Kier molecular flexibility index (Phi) is 5.47. The number of benzene rings is 1. The maximum absolute atomic E-state index is 12.3. The third-order valence-electron chi connectivity index (χ3n) is 3.27. The first-order valence-corrected chi connectivity index (χ1v) is 6.58. The molecule has 7 heteroatoms. The Hall–Kier alpha value is -1.66. The van der Waals surface area contributed by atoms with Crippen LogP contribution in [0.3, 0.4) is 0 Å². The lowest BCUT2D eigenvalue weighted by atomic mass is 9.94. The number of nitrogens with one attached hydrogen (secondary N) is 1. The number of nitro groups is 1. The molecular formula is C13H17ClN2O4. The molecule has 1 aromatic rings. The van der Waals surface area contributed by atoms with E-state index in [2.05, 4.69) is 5.32 Å². The van der Waals surface area contributed by atoms with Gasteiger partial charge < -0.3 is 10.4 Å². The van der Waals surface area contributed by atoms with Crippen molar-refractivity contribution in [3.8, 4) is 0 Å². The molecule has 0 aliphatic rings. The SMILES string of the molecule is CCC(C)(CCO)NC(=O)c1c(Cl)cccc1[N+](=O)[O-]. The molecule has 0 fully saturated rings. The summed E-state index contributed by atoms with van der Waals surface area (Å²) in [6.07, 6.45) is 0.936. The van der Waals surface area contributed by atoms with Crippen LogP contribution in [0.1, 0.15) is 37.0 Å². The zero-order chi connectivity index (χ0) is 15.3. The Morgan fingerprint density at radius 1 is 1.55 bits per heavy atom. The zero-order valence-corrected chi connectivity index (χ0v) is 12.1. The van der Waals surface area contributed by atoms with Crippen molar-refractivity contribution >= 4 is 23.2 Å². The molecule has 0 aromatic heterocycles. The molecule has 0 bridgehead atoms. The van der Waals surface area contributed by atoms with Gasteiger partial charge in [0.15, 0.2) is 0 Å². The Morgan fingerprint density at radius 3 is 2.70 bits per heavy atom. The van der Waals surface area contributed by atoms with Crippen LogP contribution in [0, 0.1) is 10.1 Å². The summed E-state index contributed by atoms with van der Waals surface area (Å²) in [5.74, 6) is -0.611. The number of aliphatic hydroxyl groups excluding tert-OH is 1. The van der Waals surface area contributed by atoms with Crippen LogP contribution < -0.4 is 5.32 Å². The van der Waals surface area contributed by atoms with E-state index in [1.807, 2.05) is 6.92 Å². The third kappa shape index (κ3) is 3.68.